The number of hydrogen-bond donors (Lipinski definition) is 1. The Bertz CT molecular complexity index is 589. The first-order valence-electron chi connectivity index (χ1n) is 6.81. The van der Waals surface area contributed by atoms with Gasteiger partial charge in [0.1, 0.15) is 5.76 Å². The normalized spacial score (nSPS) is 10.8. The highest BCUT2D eigenvalue weighted by Gasteiger charge is 2.16. The zero-order valence-electron chi connectivity index (χ0n) is 12.0. The predicted molar refractivity (Wildman–Crippen MR) is 77.9 cm³/mol. The lowest BCUT2D eigenvalue weighted by molar-refractivity contribution is 0.0945. The Labute approximate surface area is 122 Å². The van der Waals surface area contributed by atoms with Crippen molar-refractivity contribution < 1.29 is 9.21 Å². The van der Waals surface area contributed by atoms with Crippen molar-refractivity contribution in [2.24, 2.45) is 0 Å². The van der Waals surface area contributed by atoms with E-state index in [0.717, 1.165) is 28.4 Å². The molecule has 1 amide bonds. The van der Waals surface area contributed by atoms with Gasteiger partial charge in [0.2, 0.25) is 0 Å². The molecule has 2 rings (SSSR count). The third-order valence-corrected chi connectivity index (χ3v) is 4.20. The Hall–Kier alpha value is -1.69. The summed E-state index contributed by atoms with van der Waals surface area (Å²) in [6.07, 6.45) is 4.04. The minimum absolute atomic E-state index is 0.194. The van der Waals surface area contributed by atoms with Gasteiger partial charge < -0.3 is 9.73 Å². The maximum Gasteiger partial charge on any atom is 0.273 e. The molecule has 108 valence electrons. The second kappa shape index (κ2) is 6.65. The summed E-state index contributed by atoms with van der Waals surface area (Å²) in [6.45, 7) is 6.53. The molecule has 2 heterocycles. The van der Waals surface area contributed by atoms with E-state index in [1.165, 1.54) is 6.39 Å². The van der Waals surface area contributed by atoms with Crippen LogP contribution in [0, 0.1) is 6.92 Å². The molecule has 0 unspecified atom stereocenters. The van der Waals surface area contributed by atoms with Gasteiger partial charge in [0.25, 0.3) is 5.91 Å². The van der Waals surface area contributed by atoms with Gasteiger partial charge in [-0.05, 0) is 19.8 Å². The Morgan fingerprint density at radius 3 is 2.95 bits per heavy atom. The number of aryl methyl sites for hydroxylation is 3. The predicted octanol–water partition coefficient (Wildman–Crippen LogP) is 2.88. The van der Waals surface area contributed by atoms with Gasteiger partial charge >= 0.3 is 0 Å². The number of oxazole rings is 1. The van der Waals surface area contributed by atoms with Crippen LogP contribution in [0.3, 0.4) is 0 Å². The number of rotatable bonds is 6. The average Bonchev–Trinajstić information content (AvgIpc) is 3.03. The maximum absolute atomic E-state index is 12.1. The quantitative estimate of drug-likeness (QED) is 0.889. The summed E-state index contributed by atoms with van der Waals surface area (Å²) in [5.74, 6) is 0.427. The van der Waals surface area contributed by atoms with E-state index in [2.05, 4.69) is 22.2 Å². The topological polar surface area (TPSA) is 68.0 Å². The van der Waals surface area contributed by atoms with E-state index in [1.54, 1.807) is 11.3 Å². The number of carbonyl (C=O) groups excluding carboxylic acids is 1. The highest BCUT2D eigenvalue weighted by molar-refractivity contribution is 7.11. The minimum Gasteiger partial charge on any atom is -0.448 e. The van der Waals surface area contributed by atoms with Gasteiger partial charge in [-0.1, -0.05) is 13.8 Å². The molecule has 0 radical (unpaired) electrons. The van der Waals surface area contributed by atoms with Crippen molar-refractivity contribution >= 4 is 17.2 Å². The summed E-state index contributed by atoms with van der Waals surface area (Å²) in [4.78, 5) is 21.6. The molecule has 0 bridgehead atoms. The van der Waals surface area contributed by atoms with Crippen molar-refractivity contribution in [2.45, 2.75) is 46.6 Å². The molecule has 2 aromatic heterocycles. The van der Waals surface area contributed by atoms with Crippen LogP contribution in [-0.4, -0.2) is 15.9 Å². The lowest BCUT2D eigenvalue weighted by Gasteiger charge is -2.02. The van der Waals surface area contributed by atoms with Gasteiger partial charge in [-0.15, -0.1) is 11.3 Å². The van der Waals surface area contributed by atoms with Crippen LogP contribution in [0.2, 0.25) is 0 Å². The van der Waals surface area contributed by atoms with Crippen LogP contribution >= 0.6 is 11.3 Å². The van der Waals surface area contributed by atoms with Gasteiger partial charge in [-0.3, -0.25) is 4.79 Å². The minimum atomic E-state index is -0.194. The molecule has 0 aromatic carbocycles. The summed E-state index contributed by atoms with van der Waals surface area (Å²) in [6, 6.07) is 0. The third-order valence-electron chi connectivity index (χ3n) is 2.99. The van der Waals surface area contributed by atoms with Crippen LogP contribution in [0.1, 0.15) is 52.1 Å². The SMILES string of the molecule is CCCc1nc(C)c(CNC(=O)c2ncoc2CC)s1. The number of nitrogens with one attached hydrogen (secondary N) is 1. The Kier molecular flexibility index (Phi) is 4.89. The first-order valence-corrected chi connectivity index (χ1v) is 7.63. The lowest BCUT2D eigenvalue weighted by atomic mass is 10.2. The van der Waals surface area contributed by atoms with Gasteiger partial charge in [0, 0.05) is 11.3 Å². The fourth-order valence-corrected chi connectivity index (χ4v) is 3.03. The summed E-state index contributed by atoms with van der Waals surface area (Å²) < 4.78 is 5.17. The molecule has 0 aliphatic rings. The van der Waals surface area contributed by atoms with Crippen molar-refractivity contribution in [3.63, 3.8) is 0 Å². The molecule has 2 aromatic rings. The van der Waals surface area contributed by atoms with E-state index >= 15 is 0 Å². The fraction of sp³-hybridized carbons (Fsp3) is 0.500. The second-order valence-corrected chi connectivity index (χ2v) is 5.69. The molecule has 0 saturated heterocycles. The van der Waals surface area contributed by atoms with Crippen LogP contribution in [-0.2, 0) is 19.4 Å². The highest BCUT2D eigenvalue weighted by Crippen LogP contribution is 2.19. The van der Waals surface area contributed by atoms with Crippen molar-refractivity contribution in [3.05, 3.63) is 33.4 Å². The monoisotopic (exact) mass is 293 g/mol. The summed E-state index contributed by atoms with van der Waals surface area (Å²) >= 11 is 1.66. The number of amides is 1. The molecule has 0 aliphatic carbocycles. The molecule has 0 spiro atoms. The van der Waals surface area contributed by atoms with Crippen molar-refractivity contribution in [2.75, 3.05) is 0 Å². The van der Waals surface area contributed by atoms with Gasteiger partial charge in [0.05, 0.1) is 17.2 Å². The zero-order chi connectivity index (χ0) is 14.5. The number of nitrogens with zero attached hydrogens (tertiary/aromatic N) is 2. The van der Waals surface area contributed by atoms with Gasteiger partial charge in [0.15, 0.2) is 12.1 Å². The number of hydrogen-bond acceptors (Lipinski definition) is 5. The van der Waals surface area contributed by atoms with E-state index in [4.69, 9.17) is 4.42 Å². The zero-order valence-corrected chi connectivity index (χ0v) is 12.8. The van der Waals surface area contributed by atoms with Crippen LogP contribution < -0.4 is 5.32 Å². The van der Waals surface area contributed by atoms with Crippen LogP contribution in [0.15, 0.2) is 10.8 Å². The Balaban J connectivity index is 2.00. The standard InChI is InChI=1S/C14H19N3O2S/c1-4-6-12-17-9(3)11(20-12)7-15-14(18)13-10(5-2)19-8-16-13/h8H,4-7H2,1-3H3,(H,15,18). The van der Waals surface area contributed by atoms with Crippen molar-refractivity contribution in [3.8, 4) is 0 Å². The van der Waals surface area contributed by atoms with Crippen LogP contribution in [0.25, 0.3) is 0 Å². The van der Waals surface area contributed by atoms with E-state index in [0.29, 0.717) is 24.4 Å². The molecular formula is C14H19N3O2S. The lowest BCUT2D eigenvalue weighted by Crippen LogP contribution is -2.24. The number of thiazole rings is 1. The molecule has 0 aliphatic heterocycles. The van der Waals surface area contributed by atoms with E-state index < -0.39 is 0 Å². The van der Waals surface area contributed by atoms with Gasteiger partial charge in [-0.2, -0.15) is 0 Å². The van der Waals surface area contributed by atoms with Crippen LogP contribution in [0.4, 0.5) is 0 Å². The summed E-state index contributed by atoms with van der Waals surface area (Å²) in [5, 5.41) is 4.01. The largest absolute Gasteiger partial charge is 0.448 e. The first kappa shape index (κ1) is 14.7. The van der Waals surface area contributed by atoms with Crippen molar-refractivity contribution in [1.82, 2.24) is 15.3 Å². The molecule has 5 nitrogen and oxygen atoms in total. The van der Waals surface area contributed by atoms with Crippen molar-refractivity contribution in [1.29, 1.82) is 0 Å². The number of carbonyl (C=O) groups is 1. The Morgan fingerprint density at radius 1 is 1.45 bits per heavy atom. The molecule has 0 atom stereocenters. The second-order valence-electron chi connectivity index (χ2n) is 4.53. The summed E-state index contributed by atoms with van der Waals surface area (Å²) in [5.41, 5.74) is 1.37. The van der Waals surface area contributed by atoms with E-state index in [1.807, 2.05) is 13.8 Å². The van der Waals surface area contributed by atoms with Gasteiger partial charge in [-0.25, -0.2) is 9.97 Å². The summed E-state index contributed by atoms with van der Waals surface area (Å²) in [7, 11) is 0. The smallest absolute Gasteiger partial charge is 0.273 e. The van der Waals surface area contributed by atoms with E-state index in [-0.39, 0.29) is 5.91 Å². The average molecular weight is 293 g/mol. The molecule has 1 N–H and O–H groups in total. The molecular weight excluding hydrogens is 274 g/mol. The highest BCUT2D eigenvalue weighted by atomic mass is 32.1. The first-order chi connectivity index (χ1) is 9.65. The Morgan fingerprint density at radius 2 is 2.25 bits per heavy atom. The molecule has 20 heavy (non-hydrogen) atoms. The number of aromatic nitrogens is 2. The van der Waals surface area contributed by atoms with E-state index in [9.17, 15) is 4.79 Å². The van der Waals surface area contributed by atoms with Crippen LogP contribution in [0.5, 0.6) is 0 Å². The third kappa shape index (κ3) is 3.25. The maximum atomic E-state index is 12.1. The molecule has 6 heteroatoms. The molecule has 0 fully saturated rings. The fourth-order valence-electron chi connectivity index (χ4n) is 1.92. The molecule has 0 saturated carbocycles.